The van der Waals surface area contributed by atoms with E-state index in [-0.39, 0.29) is 29.8 Å². The van der Waals surface area contributed by atoms with Crippen molar-refractivity contribution >= 4 is 21.8 Å². The Morgan fingerprint density at radius 1 is 1.06 bits per heavy atom. The number of hydrogen-bond acceptors (Lipinski definition) is 4. The summed E-state index contributed by atoms with van der Waals surface area (Å²) in [6.45, 7) is 0.152. The number of sulfone groups is 1. The molecule has 31 heavy (non-hydrogen) atoms. The molecule has 1 fully saturated rings. The molecule has 3 aromatic rings. The van der Waals surface area contributed by atoms with Gasteiger partial charge < -0.3 is 9.32 Å². The number of furan rings is 1. The molecule has 2 aromatic carbocycles. The Labute approximate surface area is 180 Å². The number of rotatable bonds is 6. The van der Waals surface area contributed by atoms with Crippen LogP contribution < -0.4 is 0 Å². The van der Waals surface area contributed by atoms with Crippen molar-refractivity contribution in [2.45, 2.75) is 19.0 Å². The zero-order valence-corrected chi connectivity index (χ0v) is 17.6. The van der Waals surface area contributed by atoms with E-state index in [4.69, 9.17) is 4.42 Å². The molecule has 0 spiro atoms. The predicted octanol–water partition coefficient (Wildman–Crippen LogP) is 4.31. The summed E-state index contributed by atoms with van der Waals surface area (Å²) in [7, 11) is -3.16. The van der Waals surface area contributed by atoms with Crippen LogP contribution in [0.1, 0.15) is 17.7 Å². The zero-order valence-electron chi connectivity index (χ0n) is 16.8. The summed E-state index contributed by atoms with van der Waals surface area (Å²) in [6, 6.07) is 18.5. The van der Waals surface area contributed by atoms with Crippen molar-refractivity contribution in [3.05, 3.63) is 89.9 Å². The summed E-state index contributed by atoms with van der Waals surface area (Å²) < 4.78 is 43.1. The van der Waals surface area contributed by atoms with Gasteiger partial charge in [-0.15, -0.1) is 0 Å². The Bertz CT molecular complexity index is 1180. The van der Waals surface area contributed by atoms with Crippen molar-refractivity contribution < 1.29 is 22.0 Å². The predicted molar refractivity (Wildman–Crippen MR) is 117 cm³/mol. The molecule has 1 aromatic heterocycles. The molecule has 5 nitrogen and oxygen atoms in total. The lowest BCUT2D eigenvalue weighted by Crippen LogP contribution is -2.39. The fraction of sp³-hybridized carbons (Fsp3) is 0.208. The minimum absolute atomic E-state index is 0.0521. The van der Waals surface area contributed by atoms with Crippen LogP contribution in [0.25, 0.3) is 17.4 Å². The Morgan fingerprint density at radius 2 is 1.81 bits per heavy atom. The molecule has 0 bridgehead atoms. The topological polar surface area (TPSA) is 67.6 Å². The average molecular weight is 440 g/mol. The first-order valence-electron chi connectivity index (χ1n) is 9.98. The number of carbonyl (C=O) groups is 1. The molecule has 2 heterocycles. The molecule has 7 heteroatoms. The highest BCUT2D eigenvalue weighted by Crippen LogP contribution is 2.26. The molecule has 0 N–H and O–H groups in total. The van der Waals surface area contributed by atoms with E-state index in [2.05, 4.69) is 0 Å². The van der Waals surface area contributed by atoms with Crippen LogP contribution in [0, 0.1) is 5.82 Å². The van der Waals surface area contributed by atoms with Crippen molar-refractivity contribution in [1.82, 2.24) is 4.90 Å². The van der Waals surface area contributed by atoms with E-state index in [1.807, 2.05) is 30.3 Å². The Kier molecular flexibility index (Phi) is 6.04. The van der Waals surface area contributed by atoms with Crippen molar-refractivity contribution in [3.63, 3.8) is 0 Å². The Hall–Kier alpha value is -3.19. The molecule has 1 atom stereocenters. The third kappa shape index (κ3) is 5.30. The van der Waals surface area contributed by atoms with Gasteiger partial charge in [0.1, 0.15) is 17.3 Å². The minimum atomic E-state index is -3.16. The molecule has 0 aliphatic carbocycles. The summed E-state index contributed by atoms with van der Waals surface area (Å²) in [5.74, 6) is 0.503. The number of halogens is 1. The summed E-state index contributed by atoms with van der Waals surface area (Å²) in [6.07, 6.45) is 3.58. The normalized spacial score (nSPS) is 17.8. The lowest BCUT2D eigenvalue weighted by atomic mass is 10.1. The van der Waals surface area contributed by atoms with E-state index in [9.17, 15) is 17.6 Å². The van der Waals surface area contributed by atoms with Gasteiger partial charge in [0.25, 0.3) is 0 Å². The number of carbonyl (C=O) groups excluding carboxylic acids is 1. The molecule has 1 unspecified atom stereocenters. The number of nitrogens with zero attached hydrogens (tertiary/aromatic N) is 1. The lowest BCUT2D eigenvalue weighted by Gasteiger charge is -2.26. The minimum Gasteiger partial charge on any atom is -0.459 e. The van der Waals surface area contributed by atoms with Crippen molar-refractivity contribution in [1.29, 1.82) is 0 Å². The maximum absolute atomic E-state index is 13.2. The highest BCUT2D eigenvalue weighted by Gasteiger charge is 2.34. The van der Waals surface area contributed by atoms with Gasteiger partial charge in [-0.05, 0) is 54.5 Å². The summed E-state index contributed by atoms with van der Waals surface area (Å²) in [4.78, 5) is 14.5. The van der Waals surface area contributed by atoms with Crippen molar-refractivity contribution in [2.75, 3.05) is 11.5 Å². The molecular weight excluding hydrogens is 417 g/mol. The van der Waals surface area contributed by atoms with Crippen LogP contribution in [-0.2, 0) is 21.2 Å². The van der Waals surface area contributed by atoms with Gasteiger partial charge in [0, 0.05) is 17.7 Å². The number of hydrogen-bond donors (Lipinski definition) is 0. The van der Waals surface area contributed by atoms with Crippen molar-refractivity contribution in [2.24, 2.45) is 0 Å². The van der Waals surface area contributed by atoms with Gasteiger partial charge in [-0.1, -0.05) is 30.3 Å². The van der Waals surface area contributed by atoms with E-state index >= 15 is 0 Å². The molecule has 4 rings (SSSR count). The molecule has 1 amide bonds. The van der Waals surface area contributed by atoms with Crippen LogP contribution in [0.5, 0.6) is 0 Å². The molecule has 0 radical (unpaired) electrons. The van der Waals surface area contributed by atoms with Gasteiger partial charge in [-0.3, -0.25) is 4.79 Å². The second-order valence-electron chi connectivity index (χ2n) is 7.54. The van der Waals surface area contributed by atoms with Gasteiger partial charge in [0.15, 0.2) is 9.84 Å². The van der Waals surface area contributed by atoms with Gasteiger partial charge in [0.2, 0.25) is 5.91 Å². The van der Waals surface area contributed by atoms with Gasteiger partial charge in [0.05, 0.1) is 18.1 Å². The Balaban J connectivity index is 1.55. The van der Waals surface area contributed by atoms with Crippen LogP contribution in [0.4, 0.5) is 4.39 Å². The smallest absolute Gasteiger partial charge is 0.247 e. The summed E-state index contributed by atoms with van der Waals surface area (Å²) >= 11 is 0. The van der Waals surface area contributed by atoms with E-state index < -0.39 is 15.9 Å². The molecule has 1 aliphatic heterocycles. The molecular formula is C24H22FNO4S. The second-order valence-corrected chi connectivity index (χ2v) is 9.77. The van der Waals surface area contributed by atoms with E-state index in [1.165, 1.54) is 18.2 Å². The third-order valence-electron chi connectivity index (χ3n) is 5.27. The quantitative estimate of drug-likeness (QED) is 0.537. The SMILES string of the molecule is O=C(C=Cc1ccccc1)N(Cc1ccc(-c2ccc(F)cc2)o1)C1CCS(=O)(=O)C1. The maximum Gasteiger partial charge on any atom is 0.247 e. The van der Waals surface area contributed by atoms with Crippen LogP contribution in [0.2, 0.25) is 0 Å². The van der Waals surface area contributed by atoms with Crippen LogP contribution >= 0.6 is 0 Å². The van der Waals surface area contributed by atoms with E-state index in [1.54, 1.807) is 35.2 Å². The third-order valence-corrected chi connectivity index (χ3v) is 7.02. The Morgan fingerprint density at radius 3 is 2.48 bits per heavy atom. The first-order chi connectivity index (χ1) is 14.9. The number of amides is 1. The monoisotopic (exact) mass is 439 g/mol. The largest absolute Gasteiger partial charge is 0.459 e. The molecule has 0 saturated carbocycles. The number of benzene rings is 2. The van der Waals surface area contributed by atoms with Crippen LogP contribution in [0.15, 0.2) is 77.2 Å². The summed E-state index contributed by atoms with van der Waals surface area (Å²) in [5, 5.41) is 0. The van der Waals surface area contributed by atoms with Gasteiger partial charge >= 0.3 is 0 Å². The fourth-order valence-corrected chi connectivity index (χ4v) is 5.37. The van der Waals surface area contributed by atoms with Crippen molar-refractivity contribution in [3.8, 4) is 11.3 Å². The van der Waals surface area contributed by atoms with Gasteiger partial charge in [-0.25, -0.2) is 12.8 Å². The average Bonchev–Trinajstić information content (AvgIpc) is 3.37. The summed E-state index contributed by atoms with van der Waals surface area (Å²) in [5.41, 5.74) is 1.60. The van der Waals surface area contributed by atoms with Crippen LogP contribution in [-0.4, -0.2) is 36.8 Å². The molecule has 160 valence electrons. The maximum atomic E-state index is 13.2. The standard InChI is InChI=1S/C24H22FNO4S/c25-20-9-7-19(8-10-20)23-12-11-22(30-23)16-26(21-14-15-31(28,29)17-21)24(27)13-6-18-4-2-1-3-5-18/h1-13,21H,14-17H2. The fourth-order valence-electron chi connectivity index (χ4n) is 3.64. The molecule has 1 saturated heterocycles. The highest BCUT2D eigenvalue weighted by molar-refractivity contribution is 7.91. The highest BCUT2D eigenvalue weighted by atomic mass is 32.2. The van der Waals surface area contributed by atoms with E-state index in [0.29, 0.717) is 17.9 Å². The van der Waals surface area contributed by atoms with Gasteiger partial charge in [-0.2, -0.15) is 0 Å². The van der Waals surface area contributed by atoms with E-state index in [0.717, 1.165) is 11.1 Å². The lowest BCUT2D eigenvalue weighted by molar-refractivity contribution is -0.128. The first kappa shape index (κ1) is 21.1. The zero-order chi connectivity index (χ0) is 21.8. The first-order valence-corrected chi connectivity index (χ1v) is 11.8. The van der Waals surface area contributed by atoms with Crippen LogP contribution in [0.3, 0.4) is 0 Å². The second kappa shape index (κ2) is 8.89. The molecule has 1 aliphatic rings.